The molecule has 0 N–H and O–H groups in total. The van der Waals surface area contributed by atoms with E-state index in [9.17, 15) is 8.78 Å². The van der Waals surface area contributed by atoms with Crippen LogP contribution in [0.4, 0.5) is 8.78 Å². The lowest BCUT2D eigenvalue weighted by Gasteiger charge is -2.18. The first-order valence-electron chi connectivity index (χ1n) is 11.2. The van der Waals surface area contributed by atoms with Gasteiger partial charge in [0.05, 0.1) is 24.2 Å². The zero-order valence-electron chi connectivity index (χ0n) is 18.9. The number of para-hydroxylation sites is 1. The van der Waals surface area contributed by atoms with Gasteiger partial charge in [-0.15, -0.1) is 10.2 Å². The van der Waals surface area contributed by atoms with Crippen LogP contribution in [-0.4, -0.2) is 33.0 Å². The molecule has 0 saturated heterocycles. The summed E-state index contributed by atoms with van der Waals surface area (Å²) in [5.41, 5.74) is 1.48. The molecule has 0 aliphatic heterocycles. The number of methoxy groups -OCH3 is 1. The van der Waals surface area contributed by atoms with Gasteiger partial charge in [0.1, 0.15) is 11.9 Å². The molecule has 4 aromatic rings. The van der Waals surface area contributed by atoms with Gasteiger partial charge in [0.25, 0.3) is 0 Å². The van der Waals surface area contributed by atoms with Crippen molar-refractivity contribution in [2.24, 2.45) is 0 Å². The summed E-state index contributed by atoms with van der Waals surface area (Å²) in [6, 6.07) is 12.7. The molecule has 0 unspecified atom stereocenters. The van der Waals surface area contributed by atoms with Crippen molar-refractivity contribution in [2.75, 3.05) is 7.11 Å². The number of hydrogen-bond donors (Lipinski definition) is 0. The van der Waals surface area contributed by atoms with Crippen molar-refractivity contribution in [3.8, 4) is 23.4 Å². The fourth-order valence-electron chi connectivity index (χ4n) is 4.24. The van der Waals surface area contributed by atoms with E-state index in [4.69, 9.17) is 14.7 Å². The molecule has 1 aliphatic rings. The second-order valence-corrected chi connectivity index (χ2v) is 8.19. The molecule has 1 fully saturated rings. The van der Waals surface area contributed by atoms with E-state index in [1.165, 1.54) is 6.07 Å². The number of ether oxygens (including phenoxy) is 2. The maximum absolute atomic E-state index is 14.1. The van der Waals surface area contributed by atoms with E-state index in [-0.39, 0.29) is 17.3 Å². The van der Waals surface area contributed by atoms with Crippen LogP contribution in [-0.2, 0) is 0 Å². The molecule has 7 nitrogen and oxygen atoms in total. The maximum Gasteiger partial charge on any atom is 0.168 e. The van der Waals surface area contributed by atoms with Crippen molar-refractivity contribution in [3.63, 3.8) is 0 Å². The Balaban J connectivity index is 1.61. The number of hydrogen-bond acceptors (Lipinski definition) is 6. The molecule has 35 heavy (non-hydrogen) atoms. The predicted octanol–water partition coefficient (Wildman–Crippen LogP) is 5.47. The van der Waals surface area contributed by atoms with Crippen molar-refractivity contribution in [1.82, 2.24) is 19.7 Å². The lowest BCUT2D eigenvalue weighted by atomic mass is 10.1. The van der Waals surface area contributed by atoms with Crippen LogP contribution in [0.3, 0.4) is 0 Å². The van der Waals surface area contributed by atoms with E-state index in [1.54, 1.807) is 23.8 Å². The van der Waals surface area contributed by atoms with Gasteiger partial charge in [0.15, 0.2) is 34.6 Å². The quantitative estimate of drug-likeness (QED) is 0.369. The van der Waals surface area contributed by atoms with Crippen LogP contribution >= 0.6 is 0 Å². The molecule has 1 saturated carbocycles. The molecule has 2 heterocycles. The van der Waals surface area contributed by atoms with Crippen molar-refractivity contribution >= 4 is 23.2 Å². The van der Waals surface area contributed by atoms with E-state index in [0.29, 0.717) is 28.7 Å². The van der Waals surface area contributed by atoms with E-state index < -0.39 is 11.6 Å². The van der Waals surface area contributed by atoms with Gasteiger partial charge in [-0.3, -0.25) is 4.57 Å². The van der Waals surface area contributed by atoms with Crippen LogP contribution in [0.5, 0.6) is 11.5 Å². The minimum absolute atomic E-state index is 0.128. The minimum Gasteiger partial charge on any atom is -0.493 e. The van der Waals surface area contributed by atoms with Crippen molar-refractivity contribution in [2.45, 2.75) is 31.8 Å². The molecule has 0 amide bonds. The topological polar surface area (TPSA) is 85.9 Å². The first-order valence-corrected chi connectivity index (χ1v) is 11.2. The highest BCUT2D eigenvalue weighted by molar-refractivity contribution is 5.82. The maximum atomic E-state index is 14.1. The number of nitriles is 1. The van der Waals surface area contributed by atoms with Gasteiger partial charge < -0.3 is 9.47 Å². The van der Waals surface area contributed by atoms with Crippen LogP contribution < -0.4 is 9.47 Å². The highest BCUT2D eigenvalue weighted by atomic mass is 19.2. The number of aromatic nitrogens is 4. The van der Waals surface area contributed by atoms with E-state index in [0.717, 1.165) is 43.4 Å². The summed E-state index contributed by atoms with van der Waals surface area (Å²) in [4.78, 5) is 4.49. The van der Waals surface area contributed by atoms with E-state index in [1.807, 2.05) is 30.3 Å². The van der Waals surface area contributed by atoms with Crippen LogP contribution in [0.15, 0.2) is 42.5 Å². The summed E-state index contributed by atoms with van der Waals surface area (Å²) >= 11 is 0. The average molecular weight is 473 g/mol. The van der Waals surface area contributed by atoms with Gasteiger partial charge in [-0.2, -0.15) is 5.26 Å². The highest BCUT2D eigenvalue weighted by Gasteiger charge is 2.20. The Morgan fingerprint density at radius 2 is 1.86 bits per heavy atom. The first kappa shape index (κ1) is 22.5. The summed E-state index contributed by atoms with van der Waals surface area (Å²) in [7, 11) is 1.59. The second-order valence-electron chi connectivity index (χ2n) is 8.19. The van der Waals surface area contributed by atoms with Crippen LogP contribution in [0.2, 0.25) is 0 Å². The van der Waals surface area contributed by atoms with Gasteiger partial charge in [-0.25, -0.2) is 13.8 Å². The summed E-state index contributed by atoms with van der Waals surface area (Å²) in [6.45, 7) is 0. The molecule has 0 spiro atoms. The Bertz CT molecular complexity index is 1450. The van der Waals surface area contributed by atoms with Gasteiger partial charge in [0.2, 0.25) is 0 Å². The zero-order chi connectivity index (χ0) is 24.4. The second kappa shape index (κ2) is 9.50. The fraction of sp³-hybridized carbons (Fsp3) is 0.231. The number of rotatable bonds is 6. The number of fused-ring (bicyclic) bond motifs is 1. The molecule has 0 bridgehead atoms. The van der Waals surface area contributed by atoms with E-state index in [2.05, 4.69) is 15.2 Å². The van der Waals surface area contributed by atoms with Crippen molar-refractivity contribution < 1.29 is 18.3 Å². The minimum atomic E-state index is -1.00. The number of imidazole rings is 1. The van der Waals surface area contributed by atoms with Crippen molar-refractivity contribution in [1.29, 1.82) is 5.26 Å². The van der Waals surface area contributed by atoms with Gasteiger partial charge in [-0.05, 0) is 56.0 Å². The molecule has 9 heteroatoms. The van der Waals surface area contributed by atoms with Gasteiger partial charge in [0, 0.05) is 17.7 Å². The van der Waals surface area contributed by atoms with Gasteiger partial charge >= 0.3 is 0 Å². The third-order valence-corrected chi connectivity index (χ3v) is 5.94. The number of halogens is 2. The van der Waals surface area contributed by atoms with Gasteiger partial charge in [-0.1, -0.05) is 12.1 Å². The highest BCUT2D eigenvalue weighted by Crippen LogP contribution is 2.36. The largest absolute Gasteiger partial charge is 0.493 e. The molecule has 2 aromatic heterocycles. The lowest BCUT2D eigenvalue weighted by molar-refractivity contribution is 0.200. The average Bonchev–Trinajstić information content (AvgIpc) is 3.51. The number of nitrogens with zero attached hydrogens (tertiary/aromatic N) is 5. The normalized spacial score (nSPS) is 14.0. The lowest BCUT2D eigenvalue weighted by Crippen LogP contribution is -2.12. The third-order valence-electron chi connectivity index (χ3n) is 5.94. The summed E-state index contributed by atoms with van der Waals surface area (Å²) in [5.74, 6) is -0.0611. The zero-order valence-corrected chi connectivity index (χ0v) is 18.9. The number of benzene rings is 2. The first-order chi connectivity index (χ1) is 17.1. The molecule has 0 radical (unpaired) electrons. The fourth-order valence-corrected chi connectivity index (χ4v) is 4.24. The standard InChI is InChI=1S/C26H21F2N5O2/c1-34-23-8-4-5-16(26(23)35-18-6-2-3-7-18)9-11-24-30-21-13-19(27)20(28)14-22(21)33(24)25-12-10-17(15-29)31-32-25/h4-5,8-14,18H,2-3,6-7H2,1H3/b11-9+. The van der Waals surface area contributed by atoms with Crippen LogP contribution in [0.1, 0.15) is 42.8 Å². The van der Waals surface area contributed by atoms with Crippen LogP contribution in [0.25, 0.3) is 29.0 Å². The molecule has 5 rings (SSSR count). The predicted molar refractivity (Wildman–Crippen MR) is 126 cm³/mol. The van der Waals surface area contributed by atoms with Crippen LogP contribution in [0, 0.1) is 23.0 Å². The summed E-state index contributed by atoms with van der Waals surface area (Å²) in [5, 5.41) is 17.0. The Labute approximate surface area is 200 Å². The molecule has 0 atom stereocenters. The Morgan fingerprint density at radius 1 is 1.06 bits per heavy atom. The molecular formula is C26H21F2N5O2. The third kappa shape index (κ3) is 4.43. The summed E-state index contributed by atoms with van der Waals surface area (Å²) in [6.07, 6.45) is 7.90. The molecular weight excluding hydrogens is 452 g/mol. The van der Waals surface area contributed by atoms with Crippen molar-refractivity contribution in [3.05, 3.63) is 71.2 Å². The van der Waals surface area contributed by atoms with E-state index >= 15 is 0 Å². The smallest absolute Gasteiger partial charge is 0.168 e. The molecule has 176 valence electrons. The molecule has 2 aromatic carbocycles. The Morgan fingerprint density at radius 3 is 2.57 bits per heavy atom. The molecule has 1 aliphatic carbocycles. The summed E-state index contributed by atoms with van der Waals surface area (Å²) < 4.78 is 41.4. The SMILES string of the molecule is COc1cccc(/C=C/c2nc3cc(F)c(F)cc3n2-c2ccc(C#N)nn2)c1OC1CCCC1. The Hall–Kier alpha value is -4.32. The Kier molecular flexibility index (Phi) is 6.10. The monoisotopic (exact) mass is 473 g/mol.